The molecular weight excluding hydrogens is 188 g/mol. The average Bonchev–Trinajstić information content (AvgIpc) is 2.53. The monoisotopic (exact) mass is 202 g/mol. The number of nitrogens with zero attached hydrogens (tertiary/aromatic N) is 1. The van der Waals surface area contributed by atoms with Gasteiger partial charge in [0.2, 0.25) is 0 Å². The summed E-state index contributed by atoms with van der Waals surface area (Å²) in [6, 6.07) is 7.28. The zero-order valence-corrected chi connectivity index (χ0v) is 8.91. The first-order valence-corrected chi connectivity index (χ1v) is 4.95. The van der Waals surface area contributed by atoms with Crippen LogP contribution in [0.5, 0.6) is 5.75 Å². The summed E-state index contributed by atoms with van der Waals surface area (Å²) in [5, 5.41) is 16.3. The van der Waals surface area contributed by atoms with Crippen LogP contribution in [-0.2, 0) is 6.42 Å². The summed E-state index contributed by atoms with van der Waals surface area (Å²) in [7, 11) is 0. The molecule has 0 aliphatic carbocycles. The van der Waals surface area contributed by atoms with Gasteiger partial charge in [-0.3, -0.25) is 5.10 Å². The normalized spacial score (nSPS) is 10.5. The number of phenolic OH excluding ortho intramolecular Hbond substituents is 1. The third kappa shape index (κ3) is 2.01. The molecule has 0 fully saturated rings. The smallest absolute Gasteiger partial charge is 0.115 e. The molecule has 2 aromatic rings. The summed E-state index contributed by atoms with van der Waals surface area (Å²) in [4.78, 5) is 0. The Bertz CT molecular complexity index is 437. The molecule has 1 aromatic carbocycles. The van der Waals surface area contributed by atoms with Crippen molar-refractivity contribution in [2.24, 2.45) is 0 Å². The van der Waals surface area contributed by atoms with Crippen LogP contribution in [0.1, 0.15) is 22.5 Å². The van der Waals surface area contributed by atoms with Crippen LogP contribution in [0.4, 0.5) is 0 Å². The molecule has 0 unspecified atom stereocenters. The van der Waals surface area contributed by atoms with Gasteiger partial charge in [0.1, 0.15) is 5.75 Å². The fraction of sp³-hybridized carbons (Fsp3) is 0.250. The van der Waals surface area contributed by atoms with Gasteiger partial charge < -0.3 is 5.11 Å². The number of benzene rings is 1. The molecule has 2 N–H and O–H groups in total. The SMILES string of the molecule is Cc1n[nH]c(C)c1Cc1ccc(O)cc1. The second kappa shape index (κ2) is 3.77. The molecule has 3 heteroatoms. The number of nitrogens with one attached hydrogen (secondary N) is 1. The average molecular weight is 202 g/mol. The molecule has 0 atom stereocenters. The van der Waals surface area contributed by atoms with Gasteiger partial charge in [-0.1, -0.05) is 12.1 Å². The van der Waals surface area contributed by atoms with E-state index >= 15 is 0 Å². The van der Waals surface area contributed by atoms with Gasteiger partial charge in [0.05, 0.1) is 5.69 Å². The molecule has 0 aliphatic rings. The van der Waals surface area contributed by atoms with E-state index in [9.17, 15) is 5.11 Å². The molecule has 0 spiro atoms. The summed E-state index contributed by atoms with van der Waals surface area (Å²) in [6.07, 6.45) is 0.856. The van der Waals surface area contributed by atoms with Crippen molar-refractivity contribution in [2.75, 3.05) is 0 Å². The van der Waals surface area contributed by atoms with E-state index in [1.807, 2.05) is 26.0 Å². The van der Waals surface area contributed by atoms with E-state index in [2.05, 4.69) is 10.2 Å². The lowest BCUT2D eigenvalue weighted by Gasteiger charge is -2.02. The summed E-state index contributed by atoms with van der Waals surface area (Å²) in [5.74, 6) is 0.305. The minimum absolute atomic E-state index is 0.305. The van der Waals surface area contributed by atoms with Gasteiger partial charge in [-0.05, 0) is 31.5 Å². The fourth-order valence-electron chi connectivity index (χ4n) is 1.65. The fourth-order valence-corrected chi connectivity index (χ4v) is 1.65. The van der Waals surface area contributed by atoms with Gasteiger partial charge in [0.15, 0.2) is 0 Å². The van der Waals surface area contributed by atoms with Crippen molar-refractivity contribution in [3.05, 3.63) is 46.8 Å². The minimum atomic E-state index is 0.305. The van der Waals surface area contributed by atoms with Crippen molar-refractivity contribution in [3.63, 3.8) is 0 Å². The Kier molecular flexibility index (Phi) is 2.46. The van der Waals surface area contributed by atoms with Gasteiger partial charge in [-0.2, -0.15) is 5.10 Å². The maximum Gasteiger partial charge on any atom is 0.115 e. The lowest BCUT2D eigenvalue weighted by atomic mass is 10.0. The summed E-state index contributed by atoms with van der Waals surface area (Å²) in [6.45, 7) is 4.02. The van der Waals surface area contributed by atoms with Crippen LogP contribution in [0, 0.1) is 13.8 Å². The van der Waals surface area contributed by atoms with Crippen LogP contribution in [0.2, 0.25) is 0 Å². The Labute approximate surface area is 88.8 Å². The lowest BCUT2D eigenvalue weighted by molar-refractivity contribution is 0.475. The largest absolute Gasteiger partial charge is 0.508 e. The van der Waals surface area contributed by atoms with Crippen LogP contribution in [0.3, 0.4) is 0 Å². The Balaban J connectivity index is 2.25. The molecule has 2 rings (SSSR count). The van der Waals surface area contributed by atoms with E-state index in [0.29, 0.717) is 5.75 Å². The van der Waals surface area contributed by atoms with Gasteiger partial charge in [0.25, 0.3) is 0 Å². The van der Waals surface area contributed by atoms with E-state index in [4.69, 9.17) is 0 Å². The van der Waals surface area contributed by atoms with Crippen molar-refractivity contribution in [1.29, 1.82) is 0 Å². The summed E-state index contributed by atoms with van der Waals surface area (Å²) in [5.41, 5.74) is 4.57. The number of rotatable bonds is 2. The Morgan fingerprint density at radius 3 is 2.40 bits per heavy atom. The van der Waals surface area contributed by atoms with E-state index in [1.54, 1.807) is 12.1 Å². The molecule has 15 heavy (non-hydrogen) atoms. The van der Waals surface area contributed by atoms with E-state index in [0.717, 1.165) is 17.8 Å². The van der Waals surface area contributed by atoms with Crippen LogP contribution >= 0.6 is 0 Å². The first kappa shape index (κ1) is 9.77. The molecule has 78 valence electrons. The van der Waals surface area contributed by atoms with Crippen molar-refractivity contribution in [2.45, 2.75) is 20.3 Å². The molecule has 0 bridgehead atoms. The number of H-pyrrole nitrogens is 1. The molecular formula is C12H14N2O. The molecule has 0 saturated heterocycles. The van der Waals surface area contributed by atoms with Crippen molar-refractivity contribution < 1.29 is 5.11 Å². The number of phenols is 1. The first-order chi connectivity index (χ1) is 7.16. The standard InChI is InChI=1S/C12H14N2O/c1-8-12(9(2)14-13-8)7-10-3-5-11(15)6-4-10/h3-6,15H,7H2,1-2H3,(H,13,14). The number of hydrogen-bond acceptors (Lipinski definition) is 2. The lowest BCUT2D eigenvalue weighted by Crippen LogP contribution is -1.90. The van der Waals surface area contributed by atoms with E-state index in [-0.39, 0.29) is 0 Å². The number of aromatic nitrogens is 2. The van der Waals surface area contributed by atoms with Crippen molar-refractivity contribution >= 4 is 0 Å². The quantitative estimate of drug-likeness (QED) is 0.785. The summed E-state index contributed by atoms with van der Waals surface area (Å²) < 4.78 is 0. The highest BCUT2D eigenvalue weighted by atomic mass is 16.3. The Hall–Kier alpha value is -1.77. The van der Waals surface area contributed by atoms with Crippen molar-refractivity contribution in [3.8, 4) is 5.75 Å². The number of hydrogen-bond donors (Lipinski definition) is 2. The van der Waals surface area contributed by atoms with Crippen molar-refractivity contribution in [1.82, 2.24) is 10.2 Å². The van der Waals surface area contributed by atoms with Gasteiger partial charge >= 0.3 is 0 Å². The molecule has 1 aromatic heterocycles. The van der Waals surface area contributed by atoms with Crippen LogP contribution in [-0.4, -0.2) is 15.3 Å². The predicted molar refractivity (Wildman–Crippen MR) is 59.0 cm³/mol. The zero-order valence-electron chi connectivity index (χ0n) is 8.91. The predicted octanol–water partition coefficient (Wildman–Crippen LogP) is 2.32. The topological polar surface area (TPSA) is 48.9 Å². The highest BCUT2D eigenvalue weighted by Gasteiger charge is 2.06. The maximum atomic E-state index is 9.17. The molecule has 0 saturated carbocycles. The van der Waals surface area contributed by atoms with Gasteiger partial charge in [-0.25, -0.2) is 0 Å². The number of aromatic hydroxyl groups is 1. The highest BCUT2D eigenvalue weighted by Crippen LogP contribution is 2.17. The number of aryl methyl sites for hydroxylation is 2. The number of aromatic amines is 1. The Morgan fingerprint density at radius 1 is 1.20 bits per heavy atom. The van der Waals surface area contributed by atoms with E-state index in [1.165, 1.54) is 11.1 Å². The molecule has 0 radical (unpaired) electrons. The first-order valence-electron chi connectivity index (χ1n) is 4.95. The van der Waals surface area contributed by atoms with Crippen LogP contribution < -0.4 is 0 Å². The zero-order chi connectivity index (χ0) is 10.8. The van der Waals surface area contributed by atoms with Crippen LogP contribution in [0.25, 0.3) is 0 Å². The Morgan fingerprint density at radius 2 is 1.87 bits per heavy atom. The second-order valence-electron chi connectivity index (χ2n) is 3.76. The van der Waals surface area contributed by atoms with E-state index < -0.39 is 0 Å². The minimum Gasteiger partial charge on any atom is -0.508 e. The third-order valence-corrected chi connectivity index (χ3v) is 2.60. The third-order valence-electron chi connectivity index (χ3n) is 2.60. The highest BCUT2D eigenvalue weighted by molar-refractivity contribution is 5.33. The summed E-state index contributed by atoms with van der Waals surface area (Å²) >= 11 is 0. The van der Waals surface area contributed by atoms with Gasteiger partial charge in [0, 0.05) is 17.7 Å². The van der Waals surface area contributed by atoms with Crippen LogP contribution in [0.15, 0.2) is 24.3 Å². The molecule has 1 heterocycles. The van der Waals surface area contributed by atoms with Gasteiger partial charge in [-0.15, -0.1) is 0 Å². The second-order valence-corrected chi connectivity index (χ2v) is 3.76. The molecule has 3 nitrogen and oxygen atoms in total. The maximum absolute atomic E-state index is 9.17. The molecule has 0 amide bonds. The molecule has 0 aliphatic heterocycles.